The molecule has 0 amide bonds. The van der Waals surface area contributed by atoms with Gasteiger partial charge >= 0.3 is 5.97 Å². The first-order valence-corrected chi connectivity index (χ1v) is 4.48. The molecule has 2 rings (SSSR count). The highest BCUT2D eigenvalue weighted by atomic mass is 16.5. The van der Waals surface area contributed by atoms with Gasteiger partial charge in [0.1, 0.15) is 17.5 Å². The maximum Gasteiger partial charge on any atom is 0.322 e. The highest BCUT2D eigenvalue weighted by Crippen LogP contribution is 2.27. The molecule has 0 unspecified atom stereocenters. The molecule has 3 heteroatoms. The maximum atomic E-state index is 11.4. The summed E-state index contributed by atoms with van der Waals surface area (Å²) in [4.78, 5) is 22.5. The van der Waals surface area contributed by atoms with Gasteiger partial charge in [0, 0.05) is 0 Å². The van der Waals surface area contributed by atoms with Crippen molar-refractivity contribution in [1.29, 1.82) is 0 Å². The standard InChI is InChI=1S/C11H10O3/c1-7(12)9-6-8-4-2-3-5-10(8)14-11(9)13/h2-5,9H,6H2,1H3/t9-/m1/s1. The van der Waals surface area contributed by atoms with Gasteiger partial charge in [-0.2, -0.15) is 0 Å². The van der Waals surface area contributed by atoms with Crippen LogP contribution in [0.3, 0.4) is 0 Å². The number of benzene rings is 1. The Morgan fingerprint density at radius 3 is 2.86 bits per heavy atom. The van der Waals surface area contributed by atoms with Gasteiger partial charge in [0.15, 0.2) is 0 Å². The van der Waals surface area contributed by atoms with Gasteiger partial charge in [-0.15, -0.1) is 0 Å². The predicted molar refractivity (Wildman–Crippen MR) is 50.0 cm³/mol. The van der Waals surface area contributed by atoms with Gasteiger partial charge in [-0.05, 0) is 25.0 Å². The second-order valence-electron chi connectivity index (χ2n) is 3.40. The number of esters is 1. The number of ether oxygens (including phenoxy) is 1. The Kier molecular flexibility index (Phi) is 2.08. The van der Waals surface area contributed by atoms with Crippen LogP contribution in [0, 0.1) is 5.92 Å². The molecule has 0 spiro atoms. The molecule has 0 aliphatic carbocycles. The Labute approximate surface area is 81.7 Å². The third kappa shape index (κ3) is 1.41. The quantitative estimate of drug-likeness (QED) is 0.381. The van der Waals surface area contributed by atoms with Crippen molar-refractivity contribution in [2.45, 2.75) is 13.3 Å². The van der Waals surface area contributed by atoms with Gasteiger partial charge in [0.2, 0.25) is 0 Å². The molecule has 0 saturated heterocycles. The molecule has 1 atom stereocenters. The van der Waals surface area contributed by atoms with Crippen molar-refractivity contribution in [2.75, 3.05) is 0 Å². The topological polar surface area (TPSA) is 43.4 Å². The molecule has 1 aliphatic heterocycles. The molecular formula is C11H10O3. The van der Waals surface area contributed by atoms with Crippen LogP contribution in [0.5, 0.6) is 5.75 Å². The Hall–Kier alpha value is -1.64. The smallest absolute Gasteiger partial charge is 0.322 e. The molecule has 0 bridgehead atoms. The molecule has 14 heavy (non-hydrogen) atoms. The van der Waals surface area contributed by atoms with Crippen LogP contribution >= 0.6 is 0 Å². The number of rotatable bonds is 1. The van der Waals surface area contributed by atoms with Crippen LogP contribution in [0.4, 0.5) is 0 Å². The first kappa shape index (κ1) is 8.94. The summed E-state index contributed by atoms with van der Waals surface area (Å²) in [7, 11) is 0. The highest BCUT2D eigenvalue weighted by Gasteiger charge is 2.31. The fraction of sp³-hybridized carbons (Fsp3) is 0.273. The molecule has 0 radical (unpaired) electrons. The number of ketones is 1. The van der Waals surface area contributed by atoms with E-state index in [1.165, 1.54) is 6.92 Å². The van der Waals surface area contributed by atoms with Crippen LogP contribution in [-0.4, -0.2) is 11.8 Å². The fourth-order valence-corrected chi connectivity index (χ4v) is 1.56. The minimum absolute atomic E-state index is 0.135. The van der Waals surface area contributed by atoms with E-state index in [1.54, 1.807) is 12.1 Å². The number of fused-ring (bicyclic) bond motifs is 1. The summed E-state index contributed by atoms with van der Waals surface area (Å²) in [5, 5.41) is 0. The lowest BCUT2D eigenvalue weighted by molar-refractivity contribution is -0.144. The lowest BCUT2D eigenvalue weighted by atomic mass is 9.93. The lowest BCUT2D eigenvalue weighted by Crippen LogP contribution is -2.32. The van der Waals surface area contributed by atoms with Gasteiger partial charge in [0.25, 0.3) is 0 Å². The molecule has 0 fully saturated rings. The van der Waals surface area contributed by atoms with E-state index in [2.05, 4.69) is 0 Å². The molecule has 3 nitrogen and oxygen atoms in total. The largest absolute Gasteiger partial charge is 0.426 e. The SMILES string of the molecule is CC(=O)[C@H]1Cc2ccccc2OC1=O. The predicted octanol–water partition coefficient (Wildman–Crippen LogP) is 1.35. The number of hydrogen-bond donors (Lipinski definition) is 0. The Morgan fingerprint density at radius 2 is 2.14 bits per heavy atom. The van der Waals surface area contributed by atoms with Gasteiger partial charge in [-0.1, -0.05) is 18.2 Å². The number of Topliss-reactive ketones (excluding diaryl/α,β-unsaturated/α-hetero) is 1. The van der Waals surface area contributed by atoms with Crippen LogP contribution in [-0.2, 0) is 16.0 Å². The van der Waals surface area contributed by atoms with Crippen LogP contribution in [0.2, 0.25) is 0 Å². The lowest BCUT2D eigenvalue weighted by Gasteiger charge is -2.20. The minimum Gasteiger partial charge on any atom is -0.426 e. The zero-order valence-corrected chi connectivity index (χ0v) is 7.82. The van der Waals surface area contributed by atoms with E-state index >= 15 is 0 Å². The fourth-order valence-electron chi connectivity index (χ4n) is 1.56. The van der Waals surface area contributed by atoms with Crippen LogP contribution in [0.15, 0.2) is 24.3 Å². The summed E-state index contributed by atoms with van der Waals surface area (Å²) in [5.74, 6) is -0.611. The summed E-state index contributed by atoms with van der Waals surface area (Å²) >= 11 is 0. The third-order valence-electron chi connectivity index (χ3n) is 2.38. The number of carbonyl (C=O) groups is 2. The second kappa shape index (κ2) is 3.25. The van der Waals surface area contributed by atoms with E-state index in [1.807, 2.05) is 12.1 Å². The average molecular weight is 190 g/mol. The average Bonchev–Trinajstić information content (AvgIpc) is 2.16. The Morgan fingerprint density at radius 1 is 1.43 bits per heavy atom. The van der Waals surface area contributed by atoms with E-state index in [0.29, 0.717) is 12.2 Å². The van der Waals surface area contributed by atoms with E-state index in [4.69, 9.17) is 4.74 Å². The van der Waals surface area contributed by atoms with Gasteiger partial charge in [-0.3, -0.25) is 9.59 Å². The van der Waals surface area contributed by atoms with Crippen LogP contribution < -0.4 is 4.74 Å². The van der Waals surface area contributed by atoms with E-state index < -0.39 is 11.9 Å². The van der Waals surface area contributed by atoms with Gasteiger partial charge < -0.3 is 4.74 Å². The zero-order chi connectivity index (χ0) is 10.1. The molecule has 1 aromatic carbocycles. The summed E-state index contributed by atoms with van der Waals surface area (Å²) in [6.07, 6.45) is 0.463. The molecule has 1 aliphatic rings. The second-order valence-corrected chi connectivity index (χ2v) is 3.40. The van der Waals surface area contributed by atoms with E-state index in [9.17, 15) is 9.59 Å². The molecule has 0 aromatic heterocycles. The molecule has 1 aromatic rings. The monoisotopic (exact) mass is 190 g/mol. The molecular weight excluding hydrogens is 180 g/mol. The zero-order valence-electron chi connectivity index (χ0n) is 7.82. The summed E-state index contributed by atoms with van der Waals surface area (Å²) in [6, 6.07) is 7.29. The normalized spacial score (nSPS) is 19.8. The van der Waals surface area contributed by atoms with Crippen molar-refractivity contribution in [1.82, 2.24) is 0 Å². The van der Waals surface area contributed by atoms with Crippen molar-refractivity contribution in [2.24, 2.45) is 5.92 Å². The number of carbonyl (C=O) groups excluding carboxylic acids is 2. The maximum absolute atomic E-state index is 11.4. The first-order chi connectivity index (χ1) is 6.68. The van der Waals surface area contributed by atoms with Gasteiger partial charge in [0.05, 0.1) is 0 Å². The summed E-state index contributed by atoms with van der Waals surface area (Å²) < 4.78 is 5.05. The van der Waals surface area contributed by atoms with Crippen LogP contribution in [0.25, 0.3) is 0 Å². The van der Waals surface area contributed by atoms with Crippen molar-refractivity contribution in [3.05, 3.63) is 29.8 Å². The molecule has 72 valence electrons. The van der Waals surface area contributed by atoms with Crippen molar-refractivity contribution in [3.8, 4) is 5.75 Å². The van der Waals surface area contributed by atoms with E-state index in [-0.39, 0.29) is 5.78 Å². The van der Waals surface area contributed by atoms with Crippen molar-refractivity contribution < 1.29 is 14.3 Å². The molecule has 0 saturated carbocycles. The minimum atomic E-state index is -0.620. The number of hydrogen-bond acceptors (Lipinski definition) is 3. The summed E-state index contributed by atoms with van der Waals surface area (Å²) in [6.45, 7) is 1.42. The molecule has 1 heterocycles. The van der Waals surface area contributed by atoms with E-state index in [0.717, 1.165) is 5.56 Å². The summed E-state index contributed by atoms with van der Waals surface area (Å²) in [5.41, 5.74) is 0.923. The van der Waals surface area contributed by atoms with Crippen LogP contribution in [0.1, 0.15) is 12.5 Å². The molecule has 0 N–H and O–H groups in total. The Bertz CT molecular complexity index is 395. The number of para-hydroxylation sites is 1. The highest BCUT2D eigenvalue weighted by molar-refractivity contribution is 5.99. The first-order valence-electron chi connectivity index (χ1n) is 4.48. The van der Waals surface area contributed by atoms with Crippen molar-refractivity contribution in [3.63, 3.8) is 0 Å². The van der Waals surface area contributed by atoms with Crippen molar-refractivity contribution >= 4 is 11.8 Å². The third-order valence-corrected chi connectivity index (χ3v) is 2.38. The van der Waals surface area contributed by atoms with Gasteiger partial charge in [-0.25, -0.2) is 0 Å². The Balaban J connectivity index is 2.36.